The van der Waals surface area contributed by atoms with E-state index in [-0.39, 0.29) is 0 Å². The van der Waals surface area contributed by atoms with Gasteiger partial charge in [-0.2, -0.15) is 0 Å². The summed E-state index contributed by atoms with van der Waals surface area (Å²) < 4.78 is 2.21. The predicted octanol–water partition coefficient (Wildman–Crippen LogP) is 2.26. The Hall–Kier alpha value is -1.61. The molecule has 0 radical (unpaired) electrons. The highest BCUT2D eigenvalue weighted by Gasteiger charge is 2.20. The van der Waals surface area contributed by atoms with E-state index in [1.807, 2.05) is 12.5 Å². The Bertz CT molecular complexity index is 510. The highest BCUT2D eigenvalue weighted by atomic mass is 15.1. The van der Waals surface area contributed by atoms with E-state index in [9.17, 15) is 0 Å². The summed E-state index contributed by atoms with van der Waals surface area (Å²) in [5.41, 5.74) is 3.82. The van der Waals surface area contributed by atoms with Crippen molar-refractivity contribution in [3.63, 3.8) is 0 Å². The lowest BCUT2D eigenvalue weighted by Crippen LogP contribution is -2.10. The van der Waals surface area contributed by atoms with Crippen LogP contribution in [0.1, 0.15) is 23.6 Å². The van der Waals surface area contributed by atoms with Gasteiger partial charge in [-0.25, -0.2) is 4.98 Å². The molecule has 88 valence electrons. The first-order valence-electron chi connectivity index (χ1n) is 6.14. The van der Waals surface area contributed by atoms with Crippen molar-refractivity contribution in [3.05, 3.63) is 48.0 Å². The van der Waals surface area contributed by atoms with Gasteiger partial charge in [0.15, 0.2) is 0 Å². The molecule has 1 aliphatic heterocycles. The number of hydrogen-bond acceptors (Lipinski definition) is 2. The molecule has 0 amide bonds. The van der Waals surface area contributed by atoms with E-state index in [0.29, 0.717) is 5.92 Å². The Kier molecular flexibility index (Phi) is 2.69. The van der Waals surface area contributed by atoms with Crippen molar-refractivity contribution in [1.82, 2.24) is 14.9 Å². The summed E-state index contributed by atoms with van der Waals surface area (Å²) in [5, 5.41) is 3.41. The second-order valence-electron chi connectivity index (χ2n) is 4.72. The zero-order valence-electron chi connectivity index (χ0n) is 10.1. The molecule has 0 bridgehead atoms. The largest absolute Gasteiger partial charge is 0.316 e. The number of nitrogens with zero attached hydrogens (tertiary/aromatic N) is 2. The van der Waals surface area contributed by atoms with Gasteiger partial charge in [0.1, 0.15) is 0 Å². The second kappa shape index (κ2) is 4.34. The van der Waals surface area contributed by atoms with Gasteiger partial charge < -0.3 is 9.88 Å². The van der Waals surface area contributed by atoms with E-state index in [0.717, 1.165) is 13.1 Å². The minimum atomic E-state index is 0.595. The van der Waals surface area contributed by atoms with Crippen LogP contribution in [0.15, 0.2) is 36.8 Å². The molecule has 0 aliphatic carbocycles. The first kappa shape index (κ1) is 10.5. The van der Waals surface area contributed by atoms with E-state index in [1.165, 1.54) is 23.4 Å². The van der Waals surface area contributed by atoms with Gasteiger partial charge in [-0.3, -0.25) is 0 Å². The van der Waals surface area contributed by atoms with Crippen LogP contribution in [0.25, 0.3) is 5.69 Å². The smallest absolute Gasteiger partial charge is 0.0994 e. The van der Waals surface area contributed by atoms with Crippen LogP contribution in [0.3, 0.4) is 0 Å². The summed E-state index contributed by atoms with van der Waals surface area (Å²) in [4.78, 5) is 4.31. The molecule has 1 unspecified atom stereocenters. The van der Waals surface area contributed by atoms with Gasteiger partial charge in [-0.05, 0) is 37.6 Å². The van der Waals surface area contributed by atoms with Crippen LogP contribution in [-0.2, 0) is 0 Å². The lowest BCUT2D eigenvalue weighted by atomic mass is 10.1. The molecule has 1 fully saturated rings. The van der Waals surface area contributed by atoms with Crippen LogP contribution < -0.4 is 5.32 Å². The van der Waals surface area contributed by atoms with Gasteiger partial charge in [-0.1, -0.05) is 12.1 Å². The third kappa shape index (κ3) is 1.98. The van der Waals surface area contributed by atoms with Crippen molar-refractivity contribution in [1.29, 1.82) is 0 Å². The number of rotatable bonds is 2. The molecule has 1 atom stereocenters. The molecule has 1 saturated heterocycles. The molecule has 1 aliphatic rings. The number of nitrogens with one attached hydrogen (secondary N) is 1. The van der Waals surface area contributed by atoms with Crippen LogP contribution in [0.4, 0.5) is 0 Å². The third-order valence-electron chi connectivity index (χ3n) is 3.43. The minimum Gasteiger partial charge on any atom is -0.316 e. The minimum absolute atomic E-state index is 0.595. The highest BCUT2D eigenvalue weighted by molar-refractivity contribution is 5.37. The van der Waals surface area contributed by atoms with E-state index < -0.39 is 0 Å². The maximum atomic E-state index is 4.31. The molecule has 0 saturated carbocycles. The molecule has 0 spiro atoms. The van der Waals surface area contributed by atoms with Crippen molar-refractivity contribution in [3.8, 4) is 5.69 Å². The van der Waals surface area contributed by atoms with Gasteiger partial charge in [0.05, 0.1) is 6.33 Å². The SMILES string of the molecule is Cc1cccc(-n2cncc2C2CCNC2)c1. The van der Waals surface area contributed by atoms with Crippen molar-refractivity contribution < 1.29 is 0 Å². The molecule has 17 heavy (non-hydrogen) atoms. The van der Waals surface area contributed by atoms with Gasteiger partial charge in [0.2, 0.25) is 0 Å². The Morgan fingerprint density at radius 3 is 3.12 bits per heavy atom. The summed E-state index contributed by atoms with van der Waals surface area (Å²) in [6.45, 7) is 4.30. The first-order valence-corrected chi connectivity index (χ1v) is 6.14. The average molecular weight is 227 g/mol. The molecule has 1 N–H and O–H groups in total. The monoisotopic (exact) mass is 227 g/mol. The number of imidazole rings is 1. The predicted molar refractivity (Wildman–Crippen MR) is 68.5 cm³/mol. The maximum absolute atomic E-state index is 4.31. The normalized spacial score (nSPS) is 19.7. The Labute approximate surface area is 101 Å². The van der Waals surface area contributed by atoms with Crippen LogP contribution in [0.5, 0.6) is 0 Å². The van der Waals surface area contributed by atoms with E-state index in [4.69, 9.17) is 0 Å². The van der Waals surface area contributed by atoms with E-state index >= 15 is 0 Å². The summed E-state index contributed by atoms with van der Waals surface area (Å²) in [6, 6.07) is 8.56. The fraction of sp³-hybridized carbons (Fsp3) is 0.357. The lowest BCUT2D eigenvalue weighted by Gasteiger charge is -2.13. The zero-order valence-corrected chi connectivity index (χ0v) is 10.1. The zero-order chi connectivity index (χ0) is 11.7. The molecule has 2 aromatic rings. The Morgan fingerprint density at radius 2 is 2.35 bits per heavy atom. The third-order valence-corrected chi connectivity index (χ3v) is 3.43. The summed E-state index contributed by atoms with van der Waals surface area (Å²) in [5.74, 6) is 0.595. The number of aromatic nitrogens is 2. The second-order valence-corrected chi connectivity index (χ2v) is 4.72. The quantitative estimate of drug-likeness (QED) is 0.853. The molecule has 3 heteroatoms. The number of aryl methyl sites for hydroxylation is 1. The fourth-order valence-electron chi connectivity index (χ4n) is 2.51. The van der Waals surface area contributed by atoms with Gasteiger partial charge in [0.25, 0.3) is 0 Å². The standard InChI is InChI=1S/C14H17N3/c1-11-3-2-4-13(7-11)17-10-16-9-14(17)12-5-6-15-8-12/h2-4,7,9-10,12,15H,5-6,8H2,1H3. The van der Waals surface area contributed by atoms with Gasteiger partial charge >= 0.3 is 0 Å². The van der Waals surface area contributed by atoms with Gasteiger partial charge in [0, 0.05) is 30.0 Å². The lowest BCUT2D eigenvalue weighted by molar-refractivity contribution is 0.713. The molecular formula is C14H17N3. The summed E-state index contributed by atoms with van der Waals surface area (Å²) in [7, 11) is 0. The van der Waals surface area contributed by atoms with E-state index in [1.54, 1.807) is 0 Å². The highest BCUT2D eigenvalue weighted by Crippen LogP contribution is 2.24. The topological polar surface area (TPSA) is 29.9 Å². The molecule has 3 nitrogen and oxygen atoms in total. The summed E-state index contributed by atoms with van der Waals surface area (Å²) >= 11 is 0. The average Bonchev–Trinajstić information content (AvgIpc) is 3.00. The number of hydrogen-bond donors (Lipinski definition) is 1. The Morgan fingerprint density at radius 1 is 1.41 bits per heavy atom. The fourth-order valence-corrected chi connectivity index (χ4v) is 2.51. The molecule has 3 rings (SSSR count). The number of benzene rings is 1. The van der Waals surface area contributed by atoms with E-state index in [2.05, 4.69) is 46.1 Å². The van der Waals surface area contributed by atoms with Crippen molar-refractivity contribution in [2.45, 2.75) is 19.3 Å². The van der Waals surface area contributed by atoms with Crippen LogP contribution in [-0.4, -0.2) is 22.6 Å². The van der Waals surface area contributed by atoms with Crippen molar-refractivity contribution in [2.24, 2.45) is 0 Å². The molecular weight excluding hydrogens is 210 g/mol. The van der Waals surface area contributed by atoms with Crippen LogP contribution in [0.2, 0.25) is 0 Å². The maximum Gasteiger partial charge on any atom is 0.0994 e. The van der Waals surface area contributed by atoms with Crippen LogP contribution >= 0.6 is 0 Å². The summed E-state index contributed by atoms with van der Waals surface area (Å²) in [6.07, 6.45) is 5.12. The van der Waals surface area contributed by atoms with Crippen LogP contribution in [0, 0.1) is 6.92 Å². The molecule has 1 aromatic heterocycles. The molecule has 1 aromatic carbocycles. The van der Waals surface area contributed by atoms with Gasteiger partial charge in [-0.15, -0.1) is 0 Å². The Balaban J connectivity index is 2.00. The molecule has 2 heterocycles. The van der Waals surface area contributed by atoms with Crippen molar-refractivity contribution >= 4 is 0 Å². The first-order chi connectivity index (χ1) is 8.34. The van der Waals surface area contributed by atoms with Crippen molar-refractivity contribution in [2.75, 3.05) is 13.1 Å².